The van der Waals surface area contributed by atoms with E-state index in [0.29, 0.717) is 11.1 Å². The van der Waals surface area contributed by atoms with E-state index in [4.69, 9.17) is 9.52 Å². The summed E-state index contributed by atoms with van der Waals surface area (Å²) in [7, 11) is -1.10. The Morgan fingerprint density at radius 3 is 2.75 bits per heavy atom. The molecule has 84 valence electrons. The number of para-hydroxylation sites is 1. The van der Waals surface area contributed by atoms with Gasteiger partial charge < -0.3 is 9.52 Å². The monoisotopic (exact) mass is 238 g/mol. The fraction of sp³-hybridized carbons (Fsp3) is 0.182. The Morgan fingerprint density at radius 1 is 1.44 bits per heavy atom. The molecule has 0 aliphatic heterocycles. The van der Waals surface area contributed by atoms with Gasteiger partial charge in [-0.15, -0.1) is 0 Å². The molecule has 0 saturated carbocycles. The first-order valence-electron chi connectivity index (χ1n) is 4.63. The van der Waals surface area contributed by atoms with E-state index in [-0.39, 0.29) is 11.5 Å². The minimum absolute atomic E-state index is 0.114. The second-order valence-electron chi connectivity index (χ2n) is 3.43. The quantitative estimate of drug-likeness (QED) is 0.888. The van der Waals surface area contributed by atoms with Crippen molar-refractivity contribution in [1.29, 1.82) is 0 Å². The average Bonchev–Trinajstić information content (AvgIpc) is 2.57. The molecular weight excluding hydrogens is 228 g/mol. The van der Waals surface area contributed by atoms with Crippen molar-refractivity contribution in [3.8, 4) is 0 Å². The Bertz CT molecular complexity index is 570. The van der Waals surface area contributed by atoms with Crippen molar-refractivity contribution < 1.29 is 18.5 Å². The Balaban J connectivity index is 2.69. The van der Waals surface area contributed by atoms with Crippen LogP contribution >= 0.6 is 0 Å². The van der Waals surface area contributed by atoms with Gasteiger partial charge in [-0.25, -0.2) is 4.79 Å². The molecule has 4 nitrogen and oxygen atoms in total. The molecule has 0 unspecified atom stereocenters. The third-order valence-electron chi connectivity index (χ3n) is 2.24. The van der Waals surface area contributed by atoms with Gasteiger partial charge in [0.25, 0.3) is 0 Å². The SMILES string of the molecule is C[S@](=O)Cc1c(C(=O)O)oc2ccccc12. The van der Waals surface area contributed by atoms with E-state index in [9.17, 15) is 9.00 Å². The number of benzene rings is 1. The lowest BCUT2D eigenvalue weighted by molar-refractivity contribution is 0.0664. The second kappa shape index (κ2) is 4.09. The highest BCUT2D eigenvalue weighted by Crippen LogP contribution is 2.26. The first kappa shape index (κ1) is 10.9. The number of hydrogen-bond acceptors (Lipinski definition) is 3. The molecule has 0 fully saturated rings. The van der Waals surface area contributed by atoms with Gasteiger partial charge in [0.05, 0.1) is 5.75 Å². The lowest BCUT2D eigenvalue weighted by Crippen LogP contribution is -2.01. The van der Waals surface area contributed by atoms with Gasteiger partial charge in [-0.05, 0) is 6.07 Å². The van der Waals surface area contributed by atoms with E-state index in [1.807, 2.05) is 0 Å². The number of carboxylic acids is 1. The molecule has 0 saturated heterocycles. The molecule has 16 heavy (non-hydrogen) atoms. The van der Waals surface area contributed by atoms with Gasteiger partial charge in [0.2, 0.25) is 5.76 Å². The average molecular weight is 238 g/mol. The summed E-state index contributed by atoms with van der Waals surface area (Å²) in [4.78, 5) is 11.0. The van der Waals surface area contributed by atoms with Crippen molar-refractivity contribution in [3.63, 3.8) is 0 Å². The van der Waals surface area contributed by atoms with Gasteiger partial charge in [-0.3, -0.25) is 4.21 Å². The van der Waals surface area contributed by atoms with Crippen LogP contribution in [-0.4, -0.2) is 21.5 Å². The third-order valence-corrected chi connectivity index (χ3v) is 2.94. The molecule has 0 amide bonds. The third kappa shape index (κ3) is 1.86. The Labute approximate surface area is 94.3 Å². The van der Waals surface area contributed by atoms with Crippen molar-refractivity contribution in [3.05, 3.63) is 35.6 Å². The topological polar surface area (TPSA) is 67.5 Å². The van der Waals surface area contributed by atoms with Crippen LogP contribution in [0.5, 0.6) is 0 Å². The second-order valence-corrected chi connectivity index (χ2v) is 4.86. The zero-order chi connectivity index (χ0) is 11.7. The number of carbonyl (C=O) groups is 1. The molecule has 0 radical (unpaired) electrons. The maximum absolute atomic E-state index is 11.2. The summed E-state index contributed by atoms with van der Waals surface area (Å²) in [6.07, 6.45) is 1.54. The molecule has 2 rings (SSSR count). The summed E-state index contributed by atoms with van der Waals surface area (Å²) >= 11 is 0. The molecule has 1 aromatic heterocycles. The van der Waals surface area contributed by atoms with Crippen LogP contribution in [0, 0.1) is 0 Å². The van der Waals surface area contributed by atoms with Crippen LogP contribution in [0.15, 0.2) is 28.7 Å². The molecular formula is C11H10O4S. The number of aromatic carboxylic acids is 1. The molecule has 1 N–H and O–H groups in total. The molecule has 5 heteroatoms. The van der Waals surface area contributed by atoms with Crippen molar-refractivity contribution in [1.82, 2.24) is 0 Å². The summed E-state index contributed by atoms with van der Waals surface area (Å²) in [5.41, 5.74) is 1.02. The number of fused-ring (bicyclic) bond motifs is 1. The van der Waals surface area contributed by atoms with Gasteiger partial charge in [-0.2, -0.15) is 0 Å². The van der Waals surface area contributed by atoms with Crippen LogP contribution in [-0.2, 0) is 16.6 Å². The molecule has 0 aliphatic carbocycles. The van der Waals surface area contributed by atoms with E-state index >= 15 is 0 Å². The van der Waals surface area contributed by atoms with Gasteiger partial charge in [0.15, 0.2) is 0 Å². The lowest BCUT2D eigenvalue weighted by atomic mass is 10.1. The number of furan rings is 1. The van der Waals surface area contributed by atoms with Crippen molar-refractivity contribution in [2.24, 2.45) is 0 Å². The van der Waals surface area contributed by atoms with Gasteiger partial charge in [0.1, 0.15) is 5.58 Å². The summed E-state index contributed by atoms with van der Waals surface area (Å²) in [5.74, 6) is -1.05. The predicted molar refractivity (Wildman–Crippen MR) is 60.9 cm³/mol. The van der Waals surface area contributed by atoms with Crippen LogP contribution in [0.3, 0.4) is 0 Å². The summed E-state index contributed by atoms with van der Waals surface area (Å²) < 4.78 is 16.4. The standard InChI is InChI=1S/C11H10O4S/c1-16(14)6-8-7-4-2-3-5-9(7)15-10(8)11(12)13/h2-5H,6H2,1H3,(H,12,13)/t16-/m0/s1. The minimum Gasteiger partial charge on any atom is -0.475 e. The number of rotatable bonds is 3. The van der Waals surface area contributed by atoms with Crippen molar-refractivity contribution >= 4 is 27.7 Å². The minimum atomic E-state index is -1.13. The molecule has 1 atom stereocenters. The van der Waals surface area contributed by atoms with Gasteiger partial charge in [-0.1, -0.05) is 18.2 Å². The van der Waals surface area contributed by atoms with E-state index in [1.54, 1.807) is 24.3 Å². The van der Waals surface area contributed by atoms with Crippen LogP contribution in [0.4, 0.5) is 0 Å². The van der Waals surface area contributed by atoms with Crippen LogP contribution < -0.4 is 0 Å². The maximum Gasteiger partial charge on any atom is 0.372 e. The van der Waals surface area contributed by atoms with Crippen LogP contribution in [0.25, 0.3) is 11.0 Å². The zero-order valence-corrected chi connectivity index (χ0v) is 9.41. The fourth-order valence-corrected chi connectivity index (χ4v) is 2.31. The molecule has 0 aliphatic rings. The van der Waals surface area contributed by atoms with Crippen LogP contribution in [0.1, 0.15) is 16.1 Å². The van der Waals surface area contributed by atoms with Crippen LogP contribution in [0.2, 0.25) is 0 Å². The van der Waals surface area contributed by atoms with E-state index < -0.39 is 16.8 Å². The highest BCUT2D eigenvalue weighted by atomic mass is 32.2. The lowest BCUT2D eigenvalue weighted by Gasteiger charge is -1.96. The maximum atomic E-state index is 11.2. The number of carboxylic acid groups (broad SMARTS) is 1. The first-order chi connectivity index (χ1) is 7.59. The van der Waals surface area contributed by atoms with Gasteiger partial charge >= 0.3 is 5.97 Å². The molecule has 0 spiro atoms. The molecule has 1 aromatic carbocycles. The smallest absolute Gasteiger partial charge is 0.372 e. The summed E-state index contributed by atoms with van der Waals surface area (Å²) in [5, 5.41) is 9.70. The Morgan fingerprint density at radius 2 is 2.12 bits per heavy atom. The Kier molecular flexibility index (Phi) is 2.78. The normalized spacial score (nSPS) is 12.8. The molecule has 1 heterocycles. The predicted octanol–water partition coefficient (Wildman–Crippen LogP) is 2.01. The van der Waals surface area contributed by atoms with E-state index in [0.717, 1.165) is 5.39 Å². The fourth-order valence-electron chi connectivity index (χ4n) is 1.62. The largest absolute Gasteiger partial charge is 0.475 e. The van der Waals surface area contributed by atoms with E-state index in [1.165, 1.54) is 6.26 Å². The van der Waals surface area contributed by atoms with Gasteiger partial charge in [0, 0.05) is 28.0 Å². The van der Waals surface area contributed by atoms with E-state index in [2.05, 4.69) is 0 Å². The molecule has 0 bridgehead atoms. The summed E-state index contributed by atoms with van der Waals surface area (Å²) in [6.45, 7) is 0. The highest BCUT2D eigenvalue weighted by Gasteiger charge is 2.20. The van der Waals surface area contributed by atoms with Crippen molar-refractivity contribution in [2.45, 2.75) is 5.75 Å². The summed E-state index contributed by atoms with van der Waals surface area (Å²) in [6, 6.07) is 7.03. The zero-order valence-electron chi connectivity index (χ0n) is 8.60. The Hall–Kier alpha value is -1.62. The first-order valence-corrected chi connectivity index (χ1v) is 6.36. The molecule has 2 aromatic rings. The highest BCUT2D eigenvalue weighted by molar-refractivity contribution is 7.83. The number of hydrogen-bond donors (Lipinski definition) is 1. The van der Waals surface area contributed by atoms with Crippen molar-refractivity contribution in [2.75, 3.05) is 6.26 Å².